The lowest BCUT2D eigenvalue weighted by Crippen LogP contribution is -2.37. The molecule has 2 amide bonds. The van der Waals surface area contributed by atoms with E-state index in [0.29, 0.717) is 16.1 Å². The van der Waals surface area contributed by atoms with Crippen molar-refractivity contribution in [3.05, 3.63) is 74.7 Å². The van der Waals surface area contributed by atoms with Gasteiger partial charge in [-0.3, -0.25) is 14.4 Å². The quantitative estimate of drug-likeness (QED) is 0.391. The maximum atomic E-state index is 12.8. The summed E-state index contributed by atoms with van der Waals surface area (Å²) in [6.07, 6.45) is 0. The molecule has 0 aliphatic carbocycles. The molecule has 2 aromatic carbocycles. The number of carbonyl (C=O) groups is 3. The van der Waals surface area contributed by atoms with E-state index in [0.717, 1.165) is 4.47 Å². The summed E-state index contributed by atoms with van der Waals surface area (Å²) in [4.78, 5) is 38.1. The number of rotatable bonds is 5. The maximum absolute atomic E-state index is 12.8. The standard InChI is InChI=1S/C21H18BrClN2O4/c1-12(26)24-10-11-25-18(13-2-6-15(22)7-3-13)17(20(28)21(25)29)19(27)14-4-8-16(23)9-5-14/h2-9,18,27H,10-11H2,1H3,(H,24,26)/b19-17+. The van der Waals surface area contributed by atoms with E-state index in [1.165, 1.54) is 11.8 Å². The fourth-order valence-electron chi connectivity index (χ4n) is 3.22. The summed E-state index contributed by atoms with van der Waals surface area (Å²) < 4.78 is 0.842. The van der Waals surface area contributed by atoms with E-state index < -0.39 is 17.7 Å². The molecule has 150 valence electrons. The van der Waals surface area contributed by atoms with Gasteiger partial charge in [-0.2, -0.15) is 0 Å². The van der Waals surface area contributed by atoms with Crippen LogP contribution in [0.5, 0.6) is 0 Å². The highest BCUT2D eigenvalue weighted by Gasteiger charge is 2.45. The molecule has 0 bridgehead atoms. The predicted octanol–water partition coefficient (Wildman–Crippen LogP) is 3.66. The van der Waals surface area contributed by atoms with Crippen molar-refractivity contribution in [1.82, 2.24) is 10.2 Å². The minimum absolute atomic E-state index is 0.00229. The molecule has 1 saturated heterocycles. The third-order valence-electron chi connectivity index (χ3n) is 4.57. The molecule has 1 unspecified atom stereocenters. The minimum Gasteiger partial charge on any atom is -0.507 e. The number of aliphatic hydroxyl groups is 1. The highest BCUT2D eigenvalue weighted by Crippen LogP contribution is 2.39. The molecule has 1 heterocycles. The first kappa shape index (κ1) is 21.1. The molecule has 1 aliphatic heterocycles. The molecular formula is C21H18BrClN2O4. The summed E-state index contributed by atoms with van der Waals surface area (Å²) in [6, 6.07) is 12.7. The van der Waals surface area contributed by atoms with Crippen molar-refractivity contribution in [1.29, 1.82) is 0 Å². The molecule has 0 aromatic heterocycles. The summed E-state index contributed by atoms with van der Waals surface area (Å²) in [7, 11) is 0. The Balaban J connectivity index is 2.08. The third kappa shape index (κ3) is 4.52. The van der Waals surface area contributed by atoms with Gasteiger partial charge in [0.2, 0.25) is 5.91 Å². The molecule has 0 spiro atoms. The van der Waals surface area contributed by atoms with Gasteiger partial charge in [0.15, 0.2) is 0 Å². The van der Waals surface area contributed by atoms with E-state index in [4.69, 9.17) is 11.6 Å². The average Bonchev–Trinajstić information content (AvgIpc) is 2.93. The Labute approximate surface area is 181 Å². The largest absolute Gasteiger partial charge is 0.507 e. The van der Waals surface area contributed by atoms with Gasteiger partial charge in [0.25, 0.3) is 11.7 Å². The fourth-order valence-corrected chi connectivity index (χ4v) is 3.61. The number of nitrogens with one attached hydrogen (secondary N) is 1. The summed E-state index contributed by atoms with van der Waals surface area (Å²) in [6.45, 7) is 1.69. The van der Waals surface area contributed by atoms with Gasteiger partial charge in [0, 0.05) is 35.1 Å². The van der Waals surface area contributed by atoms with Crippen molar-refractivity contribution < 1.29 is 19.5 Å². The van der Waals surface area contributed by atoms with Gasteiger partial charge in [-0.1, -0.05) is 39.7 Å². The molecule has 8 heteroatoms. The van der Waals surface area contributed by atoms with E-state index in [1.54, 1.807) is 48.5 Å². The third-order valence-corrected chi connectivity index (χ3v) is 5.35. The van der Waals surface area contributed by atoms with Crippen LogP contribution in [0, 0.1) is 0 Å². The maximum Gasteiger partial charge on any atom is 0.295 e. The van der Waals surface area contributed by atoms with Crippen LogP contribution < -0.4 is 5.32 Å². The van der Waals surface area contributed by atoms with Crippen LogP contribution in [0.4, 0.5) is 0 Å². The van der Waals surface area contributed by atoms with Crippen molar-refractivity contribution in [3.8, 4) is 0 Å². The molecule has 2 aromatic rings. The average molecular weight is 478 g/mol. The number of hydrogen-bond acceptors (Lipinski definition) is 4. The summed E-state index contributed by atoms with van der Waals surface area (Å²) >= 11 is 9.28. The van der Waals surface area contributed by atoms with Gasteiger partial charge < -0.3 is 15.3 Å². The molecule has 29 heavy (non-hydrogen) atoms. The van der Waals surface area contributed by atoms with Crippen LogP contribution in [0.25, 0.3) is 5.76 Å². The van der Waals surface area contributed by atoms with Gasteiger partial charge in [-0.15, -0.1) is 0 Å². The van der Waals surface area contributed by atoms with Crippen LogP contribution in [0.2, 0.25) is 5.02 Å². The number of Topliss-reactive ketones (excluding diaryl/α,β-unsaturated/α-hetero) is 1. The SMILES string of the molecule is CC(=O)NCCN1C(=O)C(=O)/C(=C(/O)c2ccc(Cl)cc2)C1c1ccc(Br)cc1. The van der Waals surface area contributed by atoms with Crippen LogP contribution in [-0.2, 0) is 14.4 Å². The smallest absolute Gasteiger partial charge is 0.295 e. The Bertz CT molecular complexity index is 987. The number of likely N-dealkylation sites (tertiary alicyclic amines) is 1. The van der Waals surface area contributed by atoms with E-state index in [9.17, 15) is 19.5 Å². The van der Waals surface area contributed by atoms with Crippen molar-refractivity contribution in [2.24, 2.45) is 0 Å². The van der Waals surface area contributed by atoms with Gasteiger partial charge in [-0.05, 0) is 42.0 Å². The Hall–Kier alpha value is -2.64. The van der Waals surface area contributed by atoms with E-state index in [-0.39, 0.29) is 30.3 Å². The molecule has 1 aliphatic rings. The van der Waals surface area contributed by atoms with Gasteiger partial charge in [-0.25, -0.2) is 0 Å². The lowest BCUT2D eigenvalue weighted by Gasteiger charge is -2.25. The highest BCUT2D eigenvalue weighted by molar-refractivity contribution is 9.10. The summed E-state index contributed by atoms with van der Waals surface area (Å²) in [5.41, 5.74) is 1.06. The van der Waals surface area contributed by atoms with Crippen molar-refractivity contribution >= 4 is 50.9 Å². The second kappa shape index (κ2) is 8.80. The van der Waals surface area contributed by atoms with Crippen molar-refractivity contribution in [2.45, 2.75) is 13.0 Å². The molecule has 1 atom stereocenters. The topological polar surface area (TPSA) is 86.7 Å². The second-order valence-corrected chi connectivity index (χ2v) is 7.89. The van der Waals surface area contributed by atoms with E-state index in [1.807, 2.05) is 0 Å². The first-order chi connectivity index (χ1) is 13.8. The fraction of sp³-hybridized carbons (Fsp3) is 0.190. The van der Waals surface area contributed by atoms with Crippen LogP contribution >= 0.6 is 27.5 Å². The second-order valence-electron chi connectivity index (χ2n) is 6.53. The number of hydrogen-bond donors (Lipinski definition) is 2. The molecule has 2 N–H and O–H groups in total. The minimum atomic E-state index is -0.771. The molecule has 3 rings (SSSR count). The lowest BCUT2D eigenvalue weighted by atomic mass is 9.95. The Kier molecular flexibility index (Phi) is 6.39. The summed E-state index contributed by atoms with van der Waals surface area (Å²) in [5, 5.41) is 14.0. The lowest BCUT2D eigenvalue weighted by molar-refractivity contribution is -0.139. The number of carbonyl (C=O) groups excluding carboxylic acids is 3. The van der Waals surface area contributed by atoms with Crippen molar-refractivity contribution in [2.75, 3.05) is 13.1 Å². The number of amides is 2. The monoisotopic (exact) mass is 476 g/mol. The van der Waals surface area contributed by atoms with E-state index >= 15 is 0 Å². The van der Waals surface area contributed by atoms with Gasteiger partial charge >= 0.3 is 0 Å². The number of aliphatic hydroxyl groups excluding tert-OH is 1. The van der Waals surface area contributed by atoms with Crippen LogP contribution in [0.3, 0.4) is 0 Å². The van der Waals surface area contributed by atoms with Crippen LogP contribution in [-0.4, -0.2) is 40.7 Å². The van der Waals surface area contributed by atoms with Gasteiger partial charge in [0.1, 0.15) is 5.76 Å². The Morgan fingerprint density at radius 1 is 1.14 bits per heavy atom. The molecule has 0 radical (unpaired) electrons. The number of benzene rings is 2. The zero-order chi connectivity index (χ0) is 21.1. The Morgan fingerprint density at radius 3 is 2.34 bits per heavy atom. The van der Waals surface area contributed by atoms with Crippen LogP contribution in [0.15, 0.2) is 58.6 Å². The molecule has 1 fully saturated rings. The molecule has 6 nitrogen and oxygen atoms in total. The molecular weight excluding hydrogens is 460 g/mol. The number of ketones is 1. The number of nitrogens with zero attached hydrogens (tertiary/aromatic N) is 1. The zero-order valence-electron chi connectivity index (χ0n) is 15.5. The zero-order valence-corrected chi connectivity index (χ0v) is 17.8. The molecule has 0 saturated carbocycles. The first-order valence-electron chi connectivity index (χ1n) is 8.84. The highest BCUT2D eigenvalue weighted by atomic mass is 79.9. The normalized spacial score (nSPS) is 18.2. The van der Waals surface area contributed by atoms with Gasteiger partial charge in [0.05, 0.1) is 11.6 Å². The number of halogens is 2. The summed E-state index contributed by atoms with van der Waals surface area (Å²) in [5.74, 6) is -2.00. The Morgan fingerprint density at radius 2 is 1.76 bits per heavy atom. The predicted molar refractivity (Wildman–Crippen MR) is 113 cm³/mol. The first-order valence-corrected chi connectivity index (χ1v) is 10.0. The van der Waals surface area contributed by atoms with Crippen LogP contribution in [0.1, 0.15) is 24.1 Å². The van der Waals surface area contributed by atoms with Crippen molar-refractivity contribution in [3.63, 3.8) is 0 Å². The van der Waals surface area contributed by atoms with E-state index in [2.05, 4.69) is 21.2 Å².